The van der Waals surface area contributed by atoms with Crippen molar-refractivity contribution in [3.63, 3.8) is 0 Å². The molecule has 148 valence electrons. The maximum atomic E-state index is 11.7. The minimum Gasteiger partial charge on any atom is -0.469 e. The van der Waals surface area contributed by atoms with Crippen LogP contribution in [0.15, 0.2) is 0 Å². The molecule has 1 heterocycles. The Morgan fingerprint density at radius 2 is 1.80 bits per heavy atom. The molecule has 1 rings (SSSR count). The summed E-state index contributed by atoms with van der Waals surface area (Å²) in [6.45, 7) is 8.05. The van der Waals surface area contributed by atoms with Crippen molar-refractivity contribution >= 4 is 29.5 Å². The summed E-state index contributed by atoms with van der Waals surface area (Å²) in [5.74, 6) is 1.98. The highest BCUT2D eigenvalue weighted by molar-refractivity contribution is 8.21. The van der Waals surface area contributed by atoms with Gasteiger partial charge in [-0.25, -0.2) is 0 Å². The zero-order chi connectivity index (χ0) is 19.0. The molecule has 0 saturated carbocycles. The van der Waals surface area contributed by atoms with Gasteiger partial charge in [0.25, 0.3) is 0 Å². The van der Waals surface area contributed by atoms with Crippen molar-refractivity contribution in [1.29, 1.82) is 0 Å². The SMILES string of the molecule is CC[C@H](O)CCCC1([C@@H](C)C[C@H](C)[C@H](O)[C@@H](C)C(=O)OC)SCCS1. The van der Waals surface area contributed by atoms with Crippen molar-refractivity contribution in [2.24, 2.45) is 17.8 Å². The molecule has 1 aliphatic heterocycles. The number of esters is 1. The van der Waals surface area contributed by atoms with E-state index in [0.717, 1.165) is 32.1 Å². The number of hydrogen-bond acceptors (Lipinski definition) is 6. The first-order valence-electron chi connectivity index (χ1n) is 9.49. The van der Waals surface area contributed by atoms with Gasteiger partial charge in [-0.1, -0.05) is 20.8 Å². The van der Waals surface area contributed by atoms with Crippen molar-refractivity contribution in [2.75, 3.05) is 18.6 Å². The molecular formula is C19H36O4S2. The van der Waals surface area contributed by atoms with Gasteiger partial charge in [0.1, 0.15) is 0 Å². The van der Waals surface area contributed by atoms with Crippen LogP contribution >= 0.6 is 23.5 Å². The molecule has 0 aliphatic carbocycles. The van der Waals surface area contributed by atoms with Crippen LogP contribution in [0.1, 0.15) is 59.8 Å². The summed E-state index contributed by atoms with van der Waals surface area (Å²) in [4.78, 5) is 11.7. The van der Waals surface area contributed by atoms with Gasteiger partial charge in [0.15, 0.2) is 0 Å². The molecular weight excluding hydrogens is 356 g/mol. The zero-order valence-corrected chi connectivity index (χ0v) is 18.0. The Bertz CT molecular complexity index is 399. The van der Waals surface area contributed by atoms with Crippen molar-refractivity contribution in [2.45, 2.75) is 76.1 Å². The van der Waals surface area contributed by atoms with Crippen LogP contribution in [-0.4, -0.2) is 51.1 Å². The number of ether oxygens (including phenoxy) is 1. The van der Waals surface area contributed by atoms with E-state index in [1.165, 1.54) is 18.6 Å². The van der Waals surface area contributed by atoms with E-state index in [9.17, 15) is 15.0 Å². The predicted octanol–water partition coefficient (Wildman–Crippen LogP) is 3.94. The second kappa shape index (κ2) is 11.1. The van der Waals surface area contributed by atoms with Gasteiger partial charge in [-0.3, -0.25) is 4.79 Å². The smallest absolute Gasteiger partial charge is 0.311 e. The van der Waals surface area contributed by atoms with Gasteiger partial charge in [-0.15, -0.1) is 23.5 Å². The second-order valence-electron chi connectivity index (χ2n) is 7.38. The largest absolute Gasteiger partial charge is 0.469 e. The molecule has 0 aromatic carbocycles. The monoisotopic (exact) mass is 392 g/mol. The van der Waals surface area contributed by atoms with E-state index in [1.54, 1.807) is 6.92 Å². The van der Waals surface area contributed by atoms with Crippen molar-refractivity contribution < 1.29 is 19.7 Å². The number of hydrogen-bond donors (Lipinski definition) is 2. The first-order valence-corrected chi connectivity index (χ1v) is 11.5. The lowest BCUT2D eigenvalue weighted by molar-refractivity contribution is -0.150. The molecule has 0 amide bonds. The average molecular weight is 393 g/mol. The Kier molecular flexibility index (Phi) is 10.2. The summed E-state index contributed by atoms with van der Waals surface area (Å²) in [5.41, 5.74) is 0. The molecule has 0 bridgehead atoms. The summed E-state index contributed by atoms with van der Waals surface area (Å²) >= 11 is 4.08. The van der Waals surface area contributed by atoms with Gasteiger partial charge in [-0.2, -0.15) is 0 Å². The van der Waals surface area contributed by atoms with Gasteiger partial charge in [0.2, 0.25) is 0 Å². The van der Waals surface area contributed by atoms with Gasteiger partial charge >= 0.3 is 5.97 Å². The van der Waals surface area contributed by atoms with Gasteiger partial charge in [-0.05, 0) is 50.9 Å². The Labute approximate surface area is 161 Å². The van der Waals surface area contributed by atoms with E-state index in [1.807, 2.05) is 37.4 Å². The second-order valence-corrected chi connectivity index (χ2v) is 10.5. The number of carbonyl (C=O) groups is 1. The number of methoxy groups -OCH3 is 1. The van der Waals surface area contributed by atoms with Crippen LogP contribution in [0.2, 0.25) is 0 Å². The molecule has 0 aromatic heterocycles. The van der Waals surface area contributed by atoms with E-state index in [-0.39, 0.29) is 22.1 Å². The molecule has 1 aliphatic rings. The van der Waals surface area contributed by atoms with E-state index >= 15 is 0 Å². The standard InChI is InChI=1S/C19H36O4S2/c1-6-16(20)8-7-9-19(24-10-11-25-19)14(3)12-13(2)17(21)15(4)18(22)23-5/h13-17,20-21H,6-12H2,1-5H3/t13-,14-,15+,16-,17-/m0/s1. The fourth-order valence-corrected chi connectivity index (χ4v) is 7.16. The highest BCUT2D eigenvalue weighted by atomic mass is 32.2. The predicted molar refractivity (Wildman–Crippen MR) is 108 cm³/mol. The molecule has 6 heteroatoms. The zero-order valence-electron chi connectivity index (χ0n) is 16.4. The summed E-state index contributed by atoms with van der Waals surface area (Å²) in [6, 6.07) is 0. The first kappa shape index (κ1) is 23.1. The van der Waals surface area contributed by atoms with Crippen LogP contribution in [0.4, 0.5) is 0 Å². The fraction of sp³-hybridized carbons (Fsp3) is 0.947. The fourth-order valence-electron chi connectivity index (χ4n) is 3.63. The Balaban J connectivity index is 2.63. The summed E-state index contributed by atoms with van der Waals surface area (Å²) in [7, 11) is 1.37. The summed E-state index contributed by atoms with van der Waals surface area (Å²) in [6.07, 6.45) is 3.83. The number of thioether (sulfide) groups is 2. The lowest BCUT2D eigenvalue weighted by Crippen LogP contribution is -2.36. The number of aliphatic hydroxyl groups excluding tert-OH is 2. The quantitative estimate of drug-likeness (QED) is 0.519. The molecule has 25 heavy (non-hydrogen) atoms. The van der Waals surface area contributed by atoms with Crippen LogP contribution in [0, 0.1) is 17.8 Å². The third-order valence-corrected chi connectivity index (χ3v) is 9.43. The minimum absolute atomic E-state index is 0.0454. The molecule has 4 nitrogen and oxygen atoms in total. The lowest BCUT2D eigenvalue weighted by Gasteiger charge is -2.37. The van der Waals surface area contributed by atoms with Crippen LogP contribution in [-0.2, 0) is 9.53 Å². The minimum atomic E-state index is -0.676. The van der Waals surface area contributed by atoms with Crippen molar-refractivity contribution in [1.82, 2.24) is 0 Å². The van der Waals surface area contributed by atoms with E-state index < -0.39 is 12.0 Å². The van der Waals surface area contributed by atoms with E-state index in [4.69, 9.17) is 4.74 Å². The molecule has 0 spiro atoms. The first-order chi connectivity index (χ1) is 11.8. The maximum absolute atomic E-state index is 11.7. The molecule has 1 saturated heterocycles. The normalized spacial score (nSPS) is 22.8. The highest BCUT2D eigenvalue weighted by Gasteiger charge is 2.41. The third-order valence-electron chi connectivity index (χ3n) is 5.45. The van der Waals surface area contributed by atoms with Crippen LogP contribution in [0.5, 0.6) is 0 Å². The van der Waals surface area contributed by atoms with Crippen molar-refractivity contribution in [3.8, 4) is 0 Å². The molecule has 5 atom stereocenters. The molecule has 2 N–H and O–H groups in total. The Morgan fingerprint density at radius 3 is 2.32 bits per heavy atom. The topological polar surface area (TPSA) is 66.8 Å². The lowest BCUT2D eigenvalue weighted by atomic mass is 9.84. The van der Waals surface area contributed by atoms with Gasteiger partial charge in [0.05, 0.1) is 29.3 Å². The summed E-state index contributed by atoms with van der Waals surface area (Å²) < 4.78 is 4.94. The van der Waals surface area contributed by atoms with Crippen LogP contribution in [0.25, 0.3) is 0 Å². The van der Waals surface area contributed by atoms with Gasteiger partial charge < -0.3 is 14.9 Å². The van der Waals surface area contributed by atoms with E-state index in [2.05, 4.69) is 6.92 Å². The molecule has 0 unspecified atom stereocenters. The summed E-state index contributed by atoms with van der Waals surface area (Å²) in [5, 5.41) is 20.3. The Hall–Kier alpha value is 0.0900. The Morgan fingerprint density at radius 1 is 1.20 bits per heavy atom. The number of aliphatic hydroxyl groups is 2. The average Bonchev–Trinajstić information content (AvgIpc) is 3.09. The maximum Gasteiger partial charge on any atom is 0.311 e. The van der Waals surface area contributed by atoms with Gasteiger partial charge in [0, 0.05) is 11.5 Å². The van der Waals surface area contributed by atoms with E-state index in [0.29, 0.717) is 5.92 Å². The molecule has 0 radical (unpaired) electrons. The number of rotatable bonds is 11. The van der Waals surface area contributed by atoms with Crippen LogP contribution < -0.4 is 0 Å². The van der Waals surface area contributed by atoms with Crippen LogP contribution in [0.3, 0.4) is 0 Å². The highest BCUT2D eigenvalue weighted by Crippen LogP contribution is 2.54. The third kappa shape index (κ3) is 6.64. The number of carbonyl (C=O) groups excluding carboxylic acids is 1. The molecule has 0 aromatic rings. The van der Waals surface area contributed by atoms with Crippen molar-refractivity contribution in [3.05, 3.63) is 0 Å². The molecule has 1 fully saturated rings.